The standard InChI is InChI=1S/C17H14O6/c1-9-15(21)11(8-18)17(23)14(16(9)22)13(20)7-12(19)10-5-3-2-4-6-10/h2-8,19,21-23H,1H3/b12-7-. The van der Waals surface area contributed by atoms with Gasteiger partial charge in [0, 0.05) is 17.2 Å². The summed E-state index contributed by atoms with van der Waals surface area (Å²) in [6.07, 6.45) is 0.990. The molecule has 6 heteroatoms. The summed E-state index contributed by atoms with van der Waals surface area (Å²) in [7, 11) is 0. The average molecular weight is 314 g/mol. The molecule has 0 aliphatic heterocycles. The first-order valence-electron chi connectivity index (χ1n) is 6.61. The second kappa shape index (κ2) is 6.23. The van der Waals surface area contributed by atoms with E-state index in [1.807, 2.05) is 0 Å². The van der Waals surface area contributed by atoms with Gasteiger partial charge in [-0.05, 0) is 6.92 Å². The van der Waals surface area contributed by atoms with E-state index in [0.717, 1.165) is 6.08 Å². The third kappa shape index (κ3) is 2.87. The highest BCUT2D eigenvalue weighted by molar-refractivity contribution is 6.13. The highest BCUT2D eigenvalue weighted by Gasteiger charge is 2.25. The molecule has 0 aliphatic carbocycles. The molecule has 0 aliphatic rings. The number of rotatable bonds is 4. The van der Waals surface area contributed by atoms with Crippen molar-refractivity contribution in [2.75, 3.05) is 0 Å². The number of carbonyl (C=O) groups is 2. The lowest BCUT2D eigenvalue weighted by Crippen LogP contribution is -2.02. The SMILES string of the molecule is Cc1c(O)c(C=O)c(O)c(C(=O)/C=C(\O)c2ccccc2)c1O. The fraction of sp³-hybridized carbons (Fsp3) is 0.0588. The number of hydrogen-bond donors (Lipinski definition) is 4. The smallest absolute Gasteiger partial charge is 0.197 e. The van der Waals surface area contributed by atoms with Crippen LogP contribution in [0.25, 0.3) is 5.76 Å². The summed E-state index contributed by atoms with van der Waals surface area (Å²) in [5.41, 5.74) is -0.826. The topological polar surface area (TPSA) is 115 Å². The van der Waals surface area contributed by atoms with Gasteiger partial charge < -0.3 is 20.4 Å². The van der Waals surface area contributed by atoms with Crippen molar-refractivity contribution in [3.8, 4) is 17.2 Å². The average Bonchev–Trinajstić information content (AvgIpc) is 2.54. The number of phenols is 3. The molecule has 0 atom stereocenters. The van der Waals surface area contributed by atoms with Crippen LogP contribution in [0.15, 0.2) is 36.4 Å². The number of phenolic OH excluding ortho intramolecular Hbond substituents is 3. The molecule has 0 fully saturated rings. The Hall–Kier alpha value is -3.28. The van der Waals surface area contributed by atoms with Crippen LogP contribution in [-0.2, 0) is 0 Å². The summed E-state index contributed by atoms with van der Waals surface area (Å²) in [6, 6.07) is 8.19. The number of carbonyl (C=O) groups excluding carboxylic acids is 2. The Kier molecular flexibility index (Phi) is 4.36. The minimum absolute atomic E-state index is 0.124. The number of hydrogen-bond acceptors (Lipinski definition) is 6. The second-order valence-electron chi connectivity index (χ2n) is 4.84. The maximum absolute atomic E-state index is 12.2. The van der Waals surface area contributed by atoms with E-state index < -0.39 is 34.2 Å². The van der Waals surface area contributed by atoms with Crippen LogP contribution in [0.4, 0.5) is 0 Å². The van der Waals surface area contributed by atoms with E-state index in [4.69, 9.17) is 0 Å². The third-order valence-corrected chi connectivity index (χ3v) is 3.40. The number of aliphatic hydroxyl groups excluding tert-OH is 1. The number of allylic oxidation sites excluding steroid dienone is 1. The van der Waals surface area contributed by atoms with E-state index in [-0.39, 0.29) is 17.6 Å². The Morgan fingerprint density at radius 2 is 1.61 bits per heavy atom. The molecule has 0 radical (unpaired) electrons. The van der Waals surface area contributed by atoms with Crippen LogP contribution in [-0.4, -0.2) is 32.5 Å². The first kappa shape index (κ1) is 16.1. The zero-order valence-electron chi connectivity index (χ0n) is 12.1. The molecule has 6 nitrogen and oxygen atoms in total. The van der Waals surface area contributed by atoms with Crippen molar-refractivity contribution in [1.82, 2.24) is 0 Å². The van der Waals surface area contributed by atoms with Crippen LogP contribution in [0, 0.1) is 6.92 Å². The molecular weight excluding hydrogens is 300 g/mol. The lowest BCUT2D eigenvalue weighted by Gasteiger charge is -2.12. The molecule has 2 rings (SSSR count). The maximum Gasteiger partial charge on any atom is 0.197 e. The van der Waals surface area contributed by atoms with Gasteiger partial charge in [0.15, 0.2) is 12.1 Å². The highest BCUT2D eigenvalue weighted by atomic mass is 16.3. The Bertz CT molecular complexity index is 806. The van der Waals surface area contributed by atoms with Gasteiger partial charge in [-0.15, -0.1) is 0 Å². The summed E-state index contributed by atoms with van der Waals surface area (Å²) < 4.78 is 0. The molecule has 0 saturated carbocycles. The van der Waals surface area contributed by atoms with Crippen molar-refractivity contribution in [1.29, 1.82) is 0 Å². The molecule has 0 bridgehead atoms. The van der Waals surface area contributed by atoms with Gasteiger partial charge in [0.25, 0.3) is 0 Å². The number of aromatic hydroxyl groups is 3. The van der Waals surface area contributed by atoms with Crippen molar-refractivity contribution in [3.63, 3.8) is 0 Å². The van der Waals surface area contributed by atoms with E-state index >= 15 is 0 Å². The van der Waals surface area contributed by atoms with Crippen LogP contribution in [0.3, 0.4) is 0 Å². The molecule has 0 heterocycles. The largest absolute Gasteiger partial charge is 0.507 e. The van der Waals surface area contributed by atoms with Crippen LogP contribution in [0.5, 0.6) is 17.2 Å². The molecule has 23 heavy (non-hydrogen) atoms. The number of aliphatic hydroxyl groups is 1. The molecule has 0 saturated heterocycles. The molecule has 4 N–H and O–H groups in total. The predicted molar refractivity (Wildman–Crippen MR) is 82.9 cm³/mol. The van der Waals surface area contributed by atoms with Crippen molar-refractivity contribution in [2.45, 2.75) is 6.92 Å². The highest BCUT2D eigenvalue weighted by Crippen LogP contribution is 2.41. The Morgan fingerprint density at radius 3 is 2.17 bits per heavy atom. The molecule has 118 valence electrons. The zero-order chi connectivity index (χ0) is 17.1. The lowest BCUT2D eigenvalue weighted by atomic mass is 9.98. The quantitative estimate of drug-likeness (QED) is 0.298. The third-order valence-electron chi connectivity index (χ3n) is 3.40. The second-order valence-corrected chi connectivity index (χ2v) is 4.84. The Labute approximate surface area is 131 Å². The van der Waals surface area contributed by atoms with Gasteiger partial charge in [0.1, 0.15) is 28.6 Å². The summed E-state index contributed by atoms with van der Waals surface area (Å²) in [4.78, 5) is 23.2. The van der Waals surface area contributed by atoms with Gasteiger partial charge in [0.2, 0.25) is 0 Å². The van der Waals surface area contributed by atoms with Crippen LogP contribution in [0.2, 0.25) is 0 Å². The van der Waals surface area contributed by atoms with Crippen LogP contribution < -0.4 is 0 Å². The molecule has 0 amide bonds. The van der Waals surface area contributed by atoms with Crippen molar-refractivity contribution in [3.05, 3.63) is 58.7 Å². The van der Waals surface area contributed by atoms with Gasteiger partial charge in [-0.25, -0.2) is 0 Å². The summed E-state index contributed by atoms with van der Waals surface area (Å²) in [6.45, 7) is 1.29. The Balaban J connectivity index is 2.56. The normalized spacial score (nSPS) is 11.3. The van der Waals surface area contributed by atoms with Crippen LogP contribution in [0.1, 0.15) is 31.8 Å². The predicted octanol–water partition coefficient (Wildman–Crippen LogP) is 2.71. The molecule has 2 aromatic rings. The van der Waals surface area contributed by atoms with Gasteiger partial charge in [-0.3, -0.25) is 9.59 Å². The first-order valence-corrected chi connectivity index (χ1v) is 6.61. The Morgan fingerprint density at radius 1 is 1.00 bits per heavy atom. The fourth-order valence-electron chi connectivity index (χ4n) is 2.09. The summed E-state index contributed by atoms with van der Waals surface area (Å²) in [5.74, 6) is -3.39. The molecule has 0 unspecified atom stereocenters. The molecular formula is C17H14O6. The van der Waals surface area contributed by atoms with Crippen molar-refractivity contribution < 1.29 is 30.0 Å². The molecule has 2 aromatic carbocycles. The first-order chi connectivity index (χ1) is 10.9. The summed E-state index contributed by atoms with van der Waals surface area (Å²) >= 11 is 0. The minimum Gasteiger partial charge on any atom is -0.507 e. The van der Waals surface area contributed by atoms with Crippen molar-refractivity contribution >= 4 is 17.8 Å². The number of benzene rings is 2. The van der Waals surface area contributed by atoms with Gasteiger partial charge >= 0.3 is 0 Å². The van der Waals surface area contributed by atoms with E-state index in [9.17, 15) is 30.0 Å². The van der Waals surface area contributed by atoms with Gasteiger partial charge in [-0.2, -0.15) is 0 Å². The van der Waals surface area contributed by atoms with Gasteiger partial charge in [0.05, 0.1) is 5.56 Å². The van der Waals surface area contributed by atoms with E-state index in [2.05, 4.69) is 0 Å². The van der Waals surface area contributed by atoms with Crippen molar-refractivity contribution in [2.24, 2.45) is 0 Å². The lowest BCUT2D eigenvalue weighted by molar-refractivity contribution is 0.104. The number of aldehydes is 1. The van der Waals surface area contributed by atoms with Gasteiger partial charge in [-0.1, -0.05) is 30.3 Å². The van der Waals surface area contributed by atoms with E-state index in [0.29, 0.717) is 5.56 Å². The molecule has 0 aromatic heterocycles. The molecule has 0 spiro atoms. The number of ketones is 1. The van der Waals surface area contributed by atoms with E-state index in [1.54, 1.807) is 30.3 Å². The fourth-order valence-corrected chi connectivity index (χ4v) is 2.09. The zero-order valence-corrected chi connectivity index (χ0v) is 12.1. The van der Waals surface area contributed by atoms with Crippen LogP contribution >= 0.6 is 0 Å². The maximum atomic E-state index is 12.2. The minimum atomic E-state index is -0.910. The summed E-state index contributed by atoms with van der Waals surface area (Å²) in [5, 5.41) is 39.6. The monoisotopic (exact) mass is 314 g/mol. The van der Waals surface area contributed by atoms with E-state index in [1.165, 1.54) is 6.92 Å².